The SMILES string of the molecule is COC(=O)C(C)C(NC(=O)c1n[nH]c2c1CNCC2)c1ccccc1.Cl. The highest BCUT2D eigenvalue weighted by Crippen LogP contribution is 2.24. The van der Waals surface area contributed by atoms with Crippen LogP contribution in [0.5, 0.6) is 0 Å². The highest BCUT2D eigenvalue weighted by atomic mass is 35.5. The van der Waals surface area contributed by atoms with Crippen LogP contribution >= 0.6 is 12.4 Å². The van der Waals surface area contributed by atoms with Crippen molar-refractivity contribution in [1.29, 1.82) is 0 Å². The van der Waals surface area contributed by atoms with Gasteiger partial charge in [-0.1, -0.05) is 30.3 Å². The quantitative estimate of drug-likeness (QED) is 0.689. The van der Waals surface area contributed by atoms with Crippen LogP contribution in [0.2, 0.25) is 0 Å². The molecule has 26 heavy (non-hydrogen) atoms. The van der Waals surface area contributed by atoms with Gasteiger partial charge in [-0.25, -0.2) is 0 Å². The Morgan fingerprint density at radius 3 is 2.69 bits per heavy atom. The first-order valence-corrected chi connectivity index (χ1v) is 8.32. The number of H-pyrrole nitrogens is 1. The van der Waals surface area contributed by atoms with Crippen LogP contribution in [0.1, 0.15) is 40.3 Å². The van der Waals surface area contributed by atoms with Crippen LogP contribution in [0.25, 0.3) is 0 Å². The van der Waals surface area contributed by atoms with Crippen molar-refractivity contribution in [2.24, 2.45) is 5.92 Å². The normalized spacial score (nSPS) is 15.2. The summed E-state index contributed by atoms with van der Waals surface area (Å²) in [5.41, 5.74) is 3.10. The number of aromatic amines is 1. The number of halogens is 1. The fourth-order valence-electron chi connectivity index (χ4n) is 3.10. The Morgan fingerprint density at radius 1 is 1.27 bits per heavy atom. The predicted molar refractivity (Wildman–Crippen MR) is 99.1 cm³/mol. The van der Waals surface area contributed by atoms with Crippen LogP contribution in [0.3, 0.4) is 0 Å². The minimum Gasteiger partial charge on any atom is -0.469 e. The van der Waals surface area contributed by atoms with Gasteiger partial charge in [-0.2, -0.15) is 5.10 Å². The van der Waals surface area contributed by atoms with Crippen LogP contribution in [-0.2, 0) is 22.5 Å². The van der Waals surface area contributed by atoms with E-state index in [0.717, 1.165) is 29.8 Å². The number of carbonyl (C=O) groups is 2. The third-order valence-corrected chi connectivity index (χ3v) is 4.54. The van der Waals surface area contributed by atoms with Gasteiger partial charge in [0.15, 0.2) is 5.69 Å². The first-order valence-electron chi connectivity index (χ1n) is 8.32. The summed E-state index contributed by atoms with van der Waals surface area (Å²) in [6.07, 6.45) is 0.816. The Balaban J connectivity index is 0.00000243. The molecule has 0 radical (unpaired) electrons. The Bertz CT molecular complexity index is 763. The molecule has 1 aliphatic rings. The molecule has 0 spiro atoms. The van der Waals surface area contributed by atoms with E-state index in [1.54, 1.807) is 6.92 Å². The molecule has 8 heteroatoms. The minimum atomic E-state index is -0.524. The average Bonchev–Trinajstić information content (AvgIpc) is 3.09. The van der Waals surface area contributed by atoms with E-state index in [1.165, 1.54) is 7.11 Å². The van der Waals surface area contributed by atoms with Crippen LogP contribution in [-0.4, -0.2) is 35.7 Å². The van der Waals surface area contributed by atoms with Gasteiger partial charge in [-0.3, -0.25) is 14.7 Å². The van der Waals surface area contributed by atoms with Gasteiger partial charge in [-0.05, 0) is 12.5 Å². The lowest BCUT2D eigenvalue weighted by molar-refractivity contribution is -0.145. The molecule has 1 aromatic heterocycles. The second-order valence-corrected chi connectivity index (χ2v) is 6.13. The van der Waals surface area contributed by atoms with Crippen molar-refractivity contribution in [1.82, 2.24) is 20.8 Å². The number of amides is 1. The summed E-state index contributed by atoms with van der Waals surface area (Å²) in [5.74, 6) is -1.20. The molecule has 1 aromatic carbocycles. The predicted octanol–water partition coefficient (Wildman–Crippen LogP) is 1.76. The zero-order valence-electron chi connectivity index (χ0n) is 14.7. The second-order valence-electron chi connectivity index (χ2n) is 6.13. The van der Waals surface area contributed by atoms with Crippen molar-refractivity contribution >= 4 is 24.3 Å². The lowest BCUT2D eigenvalue weighted by atomic mass is 9.94. The molecular weight excluding hydrogens is 356 g/mol. The van der Waals surface area contributed by atoms with E-state index in [2.05, 4.69) is 20.8 Å². The van der Waals surface area contributed by atoms with Crippen molar-refractivity contribution < 1.29 is 14.3 Å². The zero-order valence-corrected chi connectivity index (χ0v) is 15.6. The van der Waals surface area contributed by atoms with E-state index in [0.29, 0.717) is 12.2 Å². The number of rotatable bonds is 5. The molecule has 1 aliphatic heterocycles. The summed E-state index contributed by atoms with van der Waals surface area (Å²) in [7, 11) is 1.35. The first-order chi connectivity index (χ1) is 12.1. The molecule has 3 rings (SSSR count). The number of ether oxygens (including phenoxy) is 1. The van der Waals surface area contributed by atoms with Gasteiger partial charge in [0.05, 0.1) is 19.1 Å². The number of benzene rings is 1. The minimum absolute atomic E-state index is 0. The number of fused-ring (bicyclic) bond motifs is 1. The number of nitrogens with one attached hydrogen (secondary N) is 3. The molecule has 0 bridgehead atoms. The molecule has 2 atom stereocenters. The number of methoxy groups -OCH3 is 1. The molecule has 7 nitrogen and oxygen atoms in total. The third kappa shape index (κ3) is 4.05. The van der Waals surface area contributed by atoms with Gasteiger partial charge >= 0.3 is 5.97 Å². The van der Waals surface area contributed by atoms with Crippen molar-refractivity contribution in [3.05, 3.63) is 52.8 Å². The maximum Gasteiger partial charge on any atom is 0.310 e. The number of esters is 1. The molecule has 2 heterocycles. The van der Waals surface area contributed by atoms with Crippen molar-refractivity contribution in [3.63, 3.8) is 0 Å². The number of hydrogen-bond acceptors (Lipinski definition) is 5. The van der Waals surface area contributed by atoms with E-state index < -0.39 is 12.0 Å². The van der Waals surface area contributed by atoms with Crippen molar-refractivity contribution in [2.45, 2.75) is 25.9 Å². The lowest BCUT2D eigenvalue weighted by Crippen LogP contribution is -2.37. The summed E-state index contributed by atoms with van der Waals surface area (Å²) < 4.78 is 4.86. The molecule has 140 valence electrons. The van der Waals surface area contributed by atoms with Gasteiger partial charge in [0.25, 0.3) is 5.91 Å². The fraction of sp³-hybridized carbons (Fsp3) is 0.389. The highest BCUT2D eigenvalue weighted by molar-refractivity contribution is 5.94. The second kappa shape index (κ2) is 8.82. The molecule has 0 saturated carbocycles. The van der Waals surface area contributed by atoms with Crippen LogP contribution in [0, 0.1) is 5.92 Å². The highest BCUT2D eigenvalue weighted by Gasteiger charge is 2.30. The smallest absolute Gasteiger partial charge is 0.310 e. The van der Waals surface area contributed by atoms with Gasteiger partial charge in [0, 0.05) is 30.8 Å². The number of hydrogen-bond donors (Lipinski definition) is 3. The summed E-state index contributed by atoms with van der Waals surface area (Å²) >= 11 is 0. The van der Waals surface area contributed by atoms with Crippen LogP contribution in [0.15, 0.2) is 30.3 Å². The standard InChI is InChI=1S/C18H22N4O3.ClH/c1-11(18(24)25-2)15(12-6-4-3-5-7-12)20-17(23)16-13-10-19-9-8-14(13)21-22-16;/h3-7,11,15,19H,8-10H2,1-2H3,(H,20,23)(H,21,22);1H. The summed E-state index contributed by atoms with van der Waals surface area (Å²) in [6.45, 7) is 3.21. The molecular formula is C18H23ClN4O3. The molecule has 2 unspecified atom stereocenters. The van der Waals surface area contributed by atoms with Gasteiger partial charge in [0.1, 0.15) is 0 Å². The lowest BCUT2D eigenvalue weighted by Gasteiger charge is -2.24. The van der Waals surface area contributed by atoms with Gasteiger partial charge in [0.2, 0.25) is 0 Å². The topological polar surface area (TPSA) is 96.1 Å². The van der Waals surface area contributed by atoms with Crippen molar-refractivity contribution in [3.8, 4) is 0 Å². The Hall–Kier alpha value is -2.38. The Morgan fingerprint density at radius 2 is 2.00 bits per heavy atom. The summed E-state index contributed by atoms with van der Waals surface area (Å²) in [4.78, 5) is 24.8. The molecule has 2 aromatic rings. The van der Waals surface area contributed by atoms with E-state index in [4.69, 9.17) is 4.74 Å². The zero-order chi connectivity index (χ0) is 17.8. The van der Waals surface area contributed by atoms with E-state index in [9.17, 15) is 9.59 Å². The Kier molecular flexibility index (Phi) is 6.76. The van der Waals surface area contributed by atoms with E-state index in [1.807, 2.05) is 30.3 Å². The molecule has 1 amide bonds. The average molecular weight is 379 g/mol. The largest absolute Gasteiger partial charge is 0.469 e. The van der Waals surface area contributed by atoms with Crippen molar-refractivity contribution in [2.75, 3.05) is 13.7 Å². The summed E-state index contributed by atoms with van der Waals surface area (Å²) in [5, 5.41) is 13.3. The first kappa shape index (κ1) is 19.9. The van der Waals surface area contributed by atoms with E-state index >= 15 is 0 Å². The van der Waals surface area contributed by atoms with E-state index in [-0.39, 0.29) is 24.3 Å². The van der Waals surface area contributed by atoms with Gasteiger partial charge < -0.3 is 15.4 Å². The maximum absolute atomic E-state index is 12.8. The Labute approximate surface area is 158 Å². The third-order valence-electron chi connectivity index (χ3n) is 4.54. The molecule has 0 aliphatic carbocycles. The number of aromatic nitrogens is 2. The van der Waals surface area contributed by atoms with Gasteiger partial charge in [-0.15, -0.1) is 12.4 Å². The summed E-state index contributed by atoms with van der Waals surface area (Å²) in [6, 6.07) is 8.90. The molecule has 3 N–H and O–H groups in total. The van der Waals surface area contributed by atoms with Crippen LogP contribution in [0.4, 0.5) is 0 Å². The molecule has 0 fully saturated rings. The number of nitrogens with zero attached hydrogens (tertiary/aromatic N) is 1. The maximum atomic E-state index is 12.8. The van der Waals surface area contributed by atoms with Crippen LogP contribution < -0.4 is 10.6 Å². The number of carbonyl (C=O) groups excluding carboxylic acids is 2. The fourth-order valence-corrected chi connectivity index (χ4v) is 3.10. The monoisotopic (exact) mass is 378 g/mol. The molecule has 0 saturated heterocycles.